The highest BCUT2D eigenvalue weighted by Gasteiger charge is 2.06. The molecule has 0 aliphatic carbocycles. The average Bonchev–Trinajstić information content (AvgIpc) is 2.81. The molecule has 2 aromatic heterocycles. The van der Waals surface area contributed by atoms with Crippen molar-refractivity contribution in [3.63, 3.8) is 0 Å². The molecule has 0 atom stereocenters. The smallest absolute Gasteiger partial charge is 0.192 e. The number of fused-ring (bicyclic) bond motifs is 1. The SMILES string of the molecule is Cc1nc2ccc(-c3cccn3C)cc2o1. The fraction of sp³-hybridized carbons (Fsp3) is 0.154. The van der Waals surface area contributed by atoms with Gasteiger partial charge in [-0.05, 0) is 24.3 Å². The molecule has 3 nitrogen and oxygen atoms in total. The highest BCUT2D eigenvalue weighted by atomic mass is 16.3. The third-order valence-electron chi connectivity index (χ3n) is 2.73. The molecule has 0 N–H and O–H groups in total. The maximum atomic E-state index is 5.53. The second kappa shape index (κ2) is 3.23. The lowest BCUT2D eigenvalue weighted by Gasteiger charge is -2.02. The first-order valence-electron chi connectivity index (χ1n) is 5.23. The van der Waals surface area contributed by atoms with Gasteiger partial charge in [0.05, 0.1) is 0 Å². The number of benzene rings is 1. The van der Waals surface area contributed by atoms with Crippen LogP contribution in [0.1, 0.15) is 5.89 Å². The molecule has 0 amide bonds. The highest BCUT2D eigenvalue weighted by molar-refractivity contribution is 5.79. The van der Waals surface area contributed by atoms with E-state index in [1.807, 2.05) is 38.4 Å². The summed E-state index contributed by atoms with van der Waals surface area (Å²) < 4.78 is 7.61. The average molecular weight is 212 g/mol. The van der Waals surface area contributed by atoms with Crippen LogP contribution < -0.4 is 0 Å². The van der Waals surface area contributed by atoms with Crippen molar-refractivity contribution in [3.8, 4) is 11.3 Å². The largest absolute Gasteiger partial charge is 0.441 e. The van der Waals surface area contributed by atoms with E-state index in [1.54, 1.807) is 0 Å². The molecule has 0 unspecified atom stereocenters. The number of hydrogen-bond donors (Lipinski definition) is 0. The number of rotatable bonds is 1. The van der Waals surface area contributed by atoms with Crippen molar-refractivity contribution < 1.29 is 4.42 Å². The van der Waals surface area contributed by atoms with Gasteiger partial charge in [-0.25, -0.2) is 4.98 Å². The Kier molecular flexibility index (Phi) is 1.86. The standard InChI is InChI=1S/C13H12N2O/c1-9-14-11-6-5-10(8-13(11)16-9)12-4-3-7-15(12)2/h3-8H,1-2H3. The topological polar surface area (TPSA) is 31.0 Å². The maximum absolute atomic E-state index is 5.53. The quantitative estimate of drug-likeness (QED) is 0.620. The zero-order valence-electron chi connectivity index (χ0n) is 9.27. The zero-order valence-corrected chi connectivity index (χ0v) is 9.27. The van der Waals surface area contributed by atoms with E-state index in [-0.39, 0.29) is 0 Å². The summed E-state index contributed by atoms with van der Waals surface area (Å²) in [5, 5.41) is 0. The molecular weight excluding hydrogens is 200 g/mol. The van der Waals surface area contributed by atoms with Crippen LogP contribution in [0, 0.1) is 6.92 Å². The lowest BCUT2D eigenvalue weighted by Crippen LogP contribution is -1.88. The summed E-state index contributed by atoms with van der Waals surface area (Å²) in [5.74, 6) is 0.707. The van der Waals surface area contributed by atoms with Gasteiger partial charge in [0.15, 0.2) is 11.5 Å². The van der Waals surface area contributed by atoms with E-state index in [4.69, 9.17) is 4.42 Å². The van der Waals surface area contributed by atoms with Crippen LogP contribution in [-0.2, 0) is 7.05 Å². The summed E-state index contributed by atoms with van der Waals surface area (Å²) in [6.07, 6.45) is 2.03. The van der Waals surface area contributed by atoms with Gasteiger partial charge in [-0.1, -0.05) is 6.07 Å². The Morgan fingerprint density at radius 3 is 2.88 bits per heavy atom. The van der Waals surface area contributed by atoms with Crippen molar-refractivity contribution in [1.82, 2.24) is 9.55 Å². The van der Waals surface area contributed by atoms with Gasteiger partial charge in [-0.2, -0.15) is 0 Å². The first-order chi connectivity index (χ1) is 7.74. The highest BCUT2D eigenvalue weighted by Crippen LogP contribution is 2.24. The zero-order chi connectivity index (χ0) is 11.1. The Bertz CT molecular complexity index is 649. The molecule has 1 aromatic carbocycles. The van der Waals surface area contributed by atoms with Crippen LogP contribution in [0.25, 0.3) is 22.4 Å². The molecule has 2 heterocycles. The van der Waals surface area contributed by atoms with Gasteiger partial charge in [-0.3, -0.25) is 0 Å². The predicted octanol–water partition coefficient (Wildman–Crippen LogP) is 3.14. The Balaban J connectivity index is 2.22. The minimum absolute atomic E-state index is 0.707. The molecule has 16 heavy (non-hydrogen) atoms. The Morgan fingerprint density at radius 2 is 2.12 bits per heavy atom. The lowest BCUT2D eigenvalue weighted by molar-refractivity contribution is 0.561. The van der Waals surface area contributed by atoms with Gasteiger partial charge in [-0.15, -0.1) is 0 Å². The molecule has 0 spiro atoms. The van der Waals surface area contributed by atoms with E-state index >= 15 is 0 Å². The van der Waals surface area contributed by atoms with E-state index < -0.39 is 0 Å². The van der Waals surface area contributed by atoms with Crippen LogP contribution in [-0.4, -0.2) is 9.55 Å². The van der Waals surface area contributed by atoms with Gasteiger partial charge < -0.3 is 8.98 Å². The monoisotopic (exact) mass is 212 g/mol. The van der Waals surface area contributed by atoms with E-state index in [9.17, 15) is 0 Å². The molecular formula is C13H12N2O. The minimum Gasteiger partial charge on any atom is -0.441 e. The van der Waals surface area contributed by atoms with Crippen LogP contribution in [0.15, 0.2) is 40.9 Å². The Hall–Kier alpha value is -2.03. The fourth-order valence-corrected chi connectivity index (χ4v) is 1.96. The van der Waals surface area contributed by atoms with Crippen molar-refractivity contribution in [2.24, 2.45) is 7.05 Å². The summed E-state index contributed by atoms with van der Waals surface area (Å²) in [6, 6.07) is 10.2. The lowest BCUT2D eigenvalue weighted by atomic mass is 10.1. The van der Waals surface area contributed by atoms with Crippen molar-refractivity contribution >= 4 is 11.1 Å². The third-order valence-corrected chi connectivity index (χ3v) is 2.73. The number of aromatic nitrogens is 2. The summed E-state index contributed by atoms with van der Waals surface area (Å²) in [6.45, 7) is 1.86. The molecule has 0 aliphatic heterocycles. The van der Waals surface area contributed by atoms with Crippen LogP contribution in [0.5, 0.6) is 0 Å². The molecule has 0 saturated heterocycles. The first kappa shape index (κ1) is 9.21. The molecule has 0 fully saturated rings. The van der Waals surface area contributed by atoms with E-state index in [0.29, 0.717) is 5.89 Å². The summed E-state index contributed by atoms with van der Waals surface area (Å²) in [7, 11) is 2.03. The summed E-state index contributed by atoms with van der Waals surface area (Å²) >= 11 is 0. The number of nitrogens with zero attached hydrogens (tertiary/aromatic N) is 2. The van der Waals surface area contributed by atoms with Gasteiger partial charge in [0.1, 0.15) is 5.52 Å². The Morgan fingerprint density at radius 1 is 1.25 bits per heavy atom. The van der Waals surface area contributed by atoms with Crippen LogP contribution >= 0.6 is 0 Å². The molecule has 3 aromatic rings. The molecule has 3 rings (SSSR count). The first-order valence-corrected chi connectivity index (χ1v) is 5.23. The van der Waals surface area contributed by atoms with Crippen molar-refractivity contribution in [2.45, 2.75) is 6.92 Å². The van der Waals surface area contributed by atoms with Crippen LogP contribution in [0.2, 0.25) is 0 Å². The summed E-state index contributed by atoms with van der Waals surface area (Å²) in [4.78, 5) is 4.28. The van der Waals surface area contributed by atoms with Crippen LogP contribution in [0.3, 0.4) is 0 Å². The minimum atomic E-state index is 0.707. The molecule has 0 bridgehead atoms. The normalized spacial score (nSPS) is 11.1. The molecule has 80 valence electrons. The van der Waals surface area contributed by atoms with Gasteiger partial charge in [0.25, 0.3) is 0 Å². The van der Waals surface area contributed by atoms with Crippen molar-refractivity contribution in [2.75, 3.05) is 0 Å². The molecule has 0 aliphatic rings. The van der Waals surface area contributed by atoms with E-state index in [2.05, 4.69) is 21.7 Å². The van der Waals surface area contributed by atoms with Gasteiger partial charge in [0, 0.05) is 31.4 Å². The number of hydrogen-bond acceptors (Lipinski definition) is 2. The maximum Gasteiger partial charge on any atom is 0.192 e. The molecule has 0 saturated carbocycles. The van der Waals surface area contributed by atoms with E-state index in [0.717, 1.165) is 16.7 Å². The molecule has 0 radical (unpaired) electrons. The van der Waals surface area contributed by atoms with Crippen LogP contribution in [0.4, 0.5) is 0 Å². The second-order valence-corrected chi connectivity index (χ2v) is 3.92. The number of aryl methyl sites for hydroxylation is 2. The predicted molar refractivity (Wildman–Crippen MR) is 63.2 cm³/mol. The fourth-order valence-electron chi connectivity index (χ4n) is 1.96. The second-order valence-electron chi connectivity index (χ2n) is 3.92. The Labute approximate surface area is 93.3 Å². The van der Waals surface area contributed by atoms with Crippen molar-refractivity contribution in [3.05, 3.63) is 42.4 Å². The van der Waals surface area contributed by atoms with Crippen molar-refractivity contribution in [1.29, 1.82) is 0 Å². The van der Waals surface area contributed by atoms with Gasteiger partial charge >= 0.3 is 0 Å². The molecule has 3 heteroatoms. The summed E-state index contributed by atoms with van der Waals surface area (Å²) in [5.41, 5.74) is 4.08. The number of oxazole rings is 1. The van der Waals surface area contributed by atoms with Gasteiger partial charge in [0.2, 0.25) is 0 Å². The third kappa shape index (κ3) is 1.33. The van der Waals surface area contributed by atoms with E-state index in [1.165, 1.54) is 5.69 Å².